The van der Waals surface area contributed by atoms with Crippen LogP contribution in [0.4, 0.5) is 8.78 Å². The summed E-state index contributed by atoms with van der Waals surface area (Å²) in [5.74, 6) is 0.658. The van der Waals surface area contributed by atoms with Crippen molar-refractivity contribution in [2.45, 2.75) is 57.8 Å². The van der Waals surface area contributed by atoms with Crippen LogP contribution in [0.2, 0.25) is 0 Å². The third kappa shape index (κ3) is 4.75. The number of benzene rings is 1. The Morgan fingerprint density at radius 3 is 2.70 bits per heavy atom. The maximum absolute atomic E-state index is 14.9. The van der Waals surface area contributed by atoms with E-state index in [9.17, 15) is 8.78 Å². The minimum atomic E-state index is -1.26. The molecule has 1 fully saturated rings. The molecule has 6 heteroatoms. The molecule has 2 aliphatic heterocycles. The molecule has 0 spiro atoms. The van der Waals surface area contributed by atoms with Crippen LogP contribution in [-0.2, 0) is 12.8 Å². The van der Waals surface area contributed by atoms with E-state index in [1.807, 2.05) is 11.3 Å². The molecule has 0 radical (unpaired) electrons. The van der Waals surface area contributed by atoms with Gasteiger partial charge in [-0.3, -0.25) is 9.29 Å². The molecule has 1 aromatic carbocycles. The highest BCUT2D eigenvalue weighted by molar-refractivity contribution is 7.12. The molecular weight excluding hydrogens is 436 g/mol. The van der Waals surface area contributed by atoms with Crippen LogP contribution < -0.4 is 0 Å². The van der Waals surface area contributed by atoms with E-state index in [4.69, 9.17) is 0 Å². The van der Waals surface area contributed by atoms with Crippen molar-refractivity contribution >= 4 is 22.2 Å². The number of likely N-dealkylation sites (tertiary alicyclic amines) is 1. The fraction of sp³-hybridized carbons (Fsp3) is 0.556. The average molecular weight is 472 g/mol. The van der Waals surface area contributed by atoms with Crippen LogP contribution in [0.25, 0.3) is 10.9 Å². The van der Waals surface area contributed by atoms with Gasteiger partial charge in [-0.1, -0.05) is 18.2 Å². The Kier molecular flexibility index (Phi) is 6.36. The first-order valence-corrected chi connectivity index (χ1v) is 13.0. The molecule has 0 saturated carbocycles. The second-order valence-electron chi connectivity index (χ2n) is 10.6. The number of hydrogen-bond acceptors (Lipinski definition) is 3. The van der Waals surface area contributed by atoms with E-state index in [0.29, 0.717) is 18.9 Å². The highest BCUT2D eigenvalue weighted by atomic mass is 32.1. The Hall–Kier alpha value is -1.76. The summed E-state index contributed by atoms with van der Waals surface area (Å²) in [6, 6.07) is 13.4. The summed E-state index contributed by atoms with van der Waals surface area (Å²) < 4.78 is 27.3. The van der Waals surface area contributed by atoms with E-state index < -0.39 is 5.67 Å². The Bertz CT molecular complexity index is 1090. The molecule has 1 N–H and O–H groups in total. The Labute approximate surface area is 199 Å². The summed E-state index contributed by atoms with van der Waals surface area (Å²) in [7, 11) is 0. The van der Waals surface area contributed by atoms with Crippen LogP contribution in [0.3, 0.4) is 0 Å². The summed E-state index contributed by atoms with van der Waals surface area (Å²) in [6.07, 6.45) is 2.65. The molecule has 1 saturated heterocycles. The van der Waals surface area contributed by atoms with E-state index in [0.717, 1.165) is 32.5 Å². The van der Waals surface area contributed by atoms with Gasteiger partial charge in [-0.15, -0.1) is 11.3 Å². The monoisotopic (exact) mass is 471 g/mol. The van der Waals surface area contributed by atoms with Gasteiger partial charge in [-0.2, -0.15) is 0 Å². The first-order valence-electron chi connectivity index (χ1n) is 12.2. The molecule has 3 nitrogen and oxygen atoms in total. The summed E-state index contributed by atoms with van der Waals surface area (Å²) in [5.41, 5.74) is 2.52. The topological polar surface area (TPSA) is 22.3 Å². The summed E-state index contributed by atoms with van der Waals surface area (Å²) in [4.78, 5) is 11.1. The van der Waals surface area contributed by atoms with E-state index >= 15 is 0 Å². The largest absolute Gasteiger partial charge is 0.357 e. The first kappa shape index (κ1) is 23.0. The predicted molar refractivity (Wildman–Crippen MR) is 134 cm³/mol. The zero-order valence-electron chi connectivity index (χ0n) is 19.9. The number of thiophene rings is 1. The second-order valence-corrected chi connectivity index (χ2v) is 11.8. The van der Waals surface area contributed by atoms with Crippen LogP contribution in [0, 0.1) is 5.92 Å². The van der Waals surface area contributed by atoms with Crippen LogP contribution in [0.15, 0.2) is 36.4 Å². The molecular formula is C27H35F2N3S. The Morgan fingerprint density at radius 1 is 1.15 bits per heavy atom. The molecule has 2 aromatic heterocycles. The number of aromatic nitrogens is 1. The van der Waals surface area contributed by atoms with Crippen LogP contribution in [0.5, 0.6) is 0 Å². The van der Waals surface area contributed by atoms with Gasteiger partial charge in [0.1, 0.15) is 5.67 Å². The third-order valence-corrected chi connectivity index (χ3v) is 8.32. The highest BCUT2D eigenvalue weighted by Gasteiger charge is 2.39. The minimum absolute atomic E-state index is 0.0485. The van der Waals surface area contributed by atoms with Crippen molar-refractivity contribution in [3.8, 4) is 0 Å². The van der Waals surface area contributed by atoms with Gasteiger partial charge < -0.3 is 9.88 Å². The van der Waals surface area contributed by atoms with E-state index in [2.05, 4.69) is 58.1 Å². The Balaban J connectivity index is 1.42. The van der Waals surface area contributed by atoms with Gasteiger partial charge in [0, 0.05) is 58.6 Å². The predicted octanol–water partition coefficient (Wildman–Crippen LogP) is 6.15. The molecule has 178 valence electrons. The number of rotatable bonds is 8. The number of nitrogens with one attached hydrogen (secondary N) is 1. The quantitative estimate of drug-likeness (QED) is 0.426. The molecule has 4 heterocycles. The number of alkyl halides is 2. The lowest BCUT2D eigenvalue weighted by Crippen LogP contribution is -2.47. The van der Waals surface area contributed by atoms with Crippen LogP contribution in [0.1, 0.15) is 54.2 Å². The number of hydrogen-bond donors (Lipinski definition) is 1. The molecule has 5 rings (SSSR count). The zero-order valence-corrected chi connectivity index (χ0v) is 20.7. The van der Waals surface area contributed by atoms with E-state index in [1.165, 1.54) is 31.9 Å². The van der Waals surface area contributed by atoms with Gasteiger partial charge >= 0.3 is 0 Å². The zero-order chi connectivity index (χ0) is 23.2. The first-order chi connectivity index (χ1) is 15.8. The number of nitrogens with zero attached hydrogens (tertiary/aromatic N) is 2. The average Bonchev–Trinajstić information content (AvgIpc) is 3.34. The molecule has 0 amide bonds. The standard InChI is InChI=1S/C27H35F2N3S/c1-18-13-22-21-7-4-5-8-23(21)30-25(22)26(32(18)17-27(2,3)29)24-10-9-20(33-24)14-19-15-31(16-19)12-6-11-28/h4-5,7-10,18-19,26,30H,6,11-17H2,1-3H3/t18-,26-/m1/s1. The van der Waals surface area contributed by atoms with Gasteiger partial charge in [0.25, 0.3) is 0 Å². The van der Waals surface area contributed by atoms with Crippen molar-refractivity contribution in [2.24, 2.45) is 5.92 Å². The fourth-order valence-corrected chi connectivity index (χ4v) is 6.96. The maximum atomic E-state index is 14.9. The SMILES string of the molecule is C[C@@H]1Cc2c([nH]c3ccccc23)[C@@H](c2ccc(CC3CN(CCCF)C3)s2)N1CC(C)(C)F. The van der Waals surface area contributed by atoms with Crippen molar-refractivity contribution in [1.29, 1.82) is 0 Å². The van der Waals surface area contributed by atoms with Gasteiger partial charge in [-0.05, 0) is 69.7 Å². The van der Waals surface area contributed by atoms with Crippen molar-refractivity contribution in [3.63, 3.8) is 0 Å². The number of fused-ring (bicyclic) bond motifs is 3. The highest BCUT2D eigenvalue weighted by Crippen LogP contribution is 2.43. The van der Waals surface area contributed by atoms with Crippen LogP contribution in [-0.4, -0.2) is 59.3 Å². The van der Waals surface area contributed by atoms with Gasteiger partial charge in [-0.25, -0.2) is 4.39 Å². The molecule has 0 aliphatic carbocycles. The minimum Gasteiger partial charge on any atom is -0.357 e. The number of H-pyrrole nitrogens is 1. The van der Waals surface area contributed by atoms with Crippen molar-refractivity contribution < 1.29 is 8.78 Å². The van der Waals surface area contributed by atoms with E-state index in [1.54, 1.807) is 13.8 Å². The van der Waals surface area contributed by atoms with Gasteiger partial charge in [0.05, 0.1) is 12.7 Å². The molecule has 2 atom stereocenters. The number of para-hydroxylation sites is 1. The Morgan fingerprint density at radius 2 is 1.94 bits per heavy atom. The third-order valence-electron chi connectivity index (χ3n) is 7.16. The molecule has 33 heavy (non-hydrogen) atoms. The summed E-state index contributed by atoms with van der Waals surface area (Å²) >= 11 is 1.88. The van der Waals surface area contributed by atoms with E-state index in [-0.39, 0.29) is 18.8 Å². The number of halogens is 2. The van der Waals surface area contributed by atoms with Crippen molar-refractivity contribution in [2.75, 3.05) is 32.9 Å². The second kappa shape index (κ2) is 9.12. The smallest absolute Gasteiger partial charge is 0.118 e. The normalized spacial score (nSPS) is 22.6. The fourth-order valence-electron chi connectivity index (χ4n) is 5.70. The summed E-state index contributed by atoms with van der Waals surface area (Å²) in [5, 5.41) is 1.29. The lowest BCUT2D eigenvalue weighted by Gasteiger charge is -2.42. The lowest BCUT2D eigenvalue weighted by atomic mass is 9.90. The van der Waals surface area contributed by atoms with Gasteiger partial charge in [0.15, 0.2) is 0 Å². The molecule has 0 bridgehead atoms. The molecule has 2 aliphatic rings. The van der Waals surface area contributed by atoms with Crippen LogP contribution >= 0.6 is 11.3 Å². The maximum Gasteiger partial charge on any atom is 0.118 e. The van der Waals surface area contributed by atoms with Gasteiger partial charge in [0.2, 0.25) is 0 Å². The van der Waals surface area contributed by atoms with Crippen molar-refractivity contribution in [3.05, 3.63) is 57.4 Å². The lowest BCUT2D eigenvalue weighted by molar-refractivity contribution is 0.0679. The molecule has 0 unspecified atom stereocenters. The summed E-state index contributed by atoms with van der Waals surface area (Å²) in [6.45, 7) is 8.80. The molecule has 3 aromatic rings. The van der Waals surface area contributed by atoms with Crippen molar-refractivity contribution in [1.82, 2.24) is 14.8 Å². The number of aromatic amines is 1.